The first-order valence-electron chi connectivity index (χ1n) is 11.1. The molecule has 1 fully saturated rings. The topological polar surface area (TPSA) is 61.4 Å². The fourth-order valence-electron chi connectivity index (χ4n) is 4.02. The number of guanidine groups is 1. The molecule has 2 N–H and O–H groups in total. The molecule has 0 spiro atoms. The molecule has 2 aliphatic heterocycles. The third kappa shape index (κ3) is 6.49. The highest BCUT2D eigenvalue weighted by atomic mass is 127. The van der Waals surface area contributed by atoms with Crippen molar-refractivity contribution < 1.29 is 9.47 Å². The van der Waals surface area contributed by atoms with Crippen LogP contribution < -0.4 is 20.1 Å². The second-order valence-electron chi connectivity index (χ2n) is 7.95. The van der Waals surface area contributed by atoms with Crippen LogP contribution in [0.25, 0.3) is 0 Å². The number of halogens is 1. The monoisotopic (exact) mass is 551 g/mol. The van der Waals surface area contributed by atoms with Gasteiger partial charge in [-0.2, -0.15) is 0 Å². The van der Waals surface area contributed by atoms with Crippen LogP contribution in [0.1, 0.15) is 23.6 Å². The maximum atomic E-state index is 5.46. The van der Waals surface area contributed by atoms with E-state index in [-0.39, 0.29) is 24.0 Å². The Kier molecular flexibility index (Phi) is 9.43. The quantitative estimate of drug-likeness (QED) is 0.314. The van der Waals surface area contributed by atoms with E-state index in [0.717, 1.165) is 68.8 Å². The summed E-state index contributed by atoms with van der Waals surface area (Å²) in [4.78, 5) is 9.44. The SMILES string of the molecule is CCN1CCN(Cc2ccccc2CNC(=NC)NCc2ccc3c(c2)OCO3)CC1.I. The smallest absolute Gasteiger partial charge is 0.231 e. The summed E-state index contributed by atoms with van der Waals surface area (Å²) in [6.07, 6.45) is 0. The van der Waals surface area contributed by atoms with Crippen LogP contribution in [0.4, 0.5) is 0 Å². The van der Waals surface area contributed by atoms with Gasteiger partial charge in [-0.15, -0.1) is 24.0 Å². The first kappa shape index (κ1) is 24.6. The summed E-state index contributed by atoms with van der Waals surface area (Å²) >= 11 is 0. The van der Waals surface area contributed by atoms with Gasteiger partial charge < -0.3 is 25.0 Å². The molecule has 0 atom stereocenters. The predicted octanol–water partition coefficient (Wildman–Crippen LogP) is 3.04. The van der Waals surface area contributed by atoms with E-state index in [1.54, 1.807) is 7.05 Å². The summed E-state index contributed by atoms with van der Waals surface area (Å²) in [5.74, 6) is 2.39. The van der Waals surface area contributed by atoms with Gasteiger partial charge in [0.25, 0.3) is 0 Å². The lowest BCUT2D eigenvalue weighted by Gasteiger charge is -2.34. The van der Waals surface area contributed by atoms with E-state index in [0.29, 0.717) is 13.3 Å². The van der Waals surface area contributed by atoms with E-state index >= 15 is 0 Å². The summed E-state index contributed by atoms with van der Waals surface area (Å²) in [6, 6.07) is 14.7. The fraction of sp³-hybridized carbons (Fsp3) is 0.458. The molecule has 2 aromatic carbocycles. The number of fused-ring (bicyclic) bond motifs is 1. The van der Waals surface area contributed by atoms with Crippen molar-refractivity contribution in [3.05, 3.63) is 59.2 Å². The van der Waals surface area contributed by atoms with E-state index < -0.39 is 0 Å². The second kappa shape index (κ2) is 12.3. The van der Waals surface area contributed by atoms with Crippen molar-refractivity contribution in [3.63, 3.8) is 0 Å². The summed E-state index contributed by atoms with van der Waals surface area (Å²) in [5, 5.41) is 6.84. The largest absolute Gasteiger partial charge is 0.454 e. The maximum Gasteiger partial charge on any atom is 0.231 e. The van der Waals surface area contributed by atoms with Crippen molar-refractivity contribution in [2.75, 3.05) is 46.6 Å². The first-order chi connectivity index (χ1) is 15.2. The molecule has 174 valence electrons. The van der Waals surface area contributed by atoms with Crippen LogP contribution in [0.5, 0.6) is 11.5 Å². The summed E-state index contributed by atoms with van der Waals surface area (Å²) < 4.78 is 10.8. The van der Waals surface area contributed by atoms with E-state index in [1.165, 1.54) is 11.1 Å². The molecule has 2 heterocycles. The number of nitrogens with zero attached hydrogens (tertiary/aromatic N) is 3. The van der Waals surface area contributed by atoms with Crippen LogP contribution in [0.15, 0.2) is 47.5 Å². The molecule has 32 heavy (non-hydrogen) atoms. The molecule has 7 nitrogen and oxygen atoms in total. The van der Waals surface area contributed by atoms with Gasteiger partial charge in [-0.25, -0.2) is 0 Å². The van der Waals surface area contributed by atoms with Crippen molar-refractivity contribution in [2.45, 2.75) is 26.6 Å². The van der Waals surface area contributed by atoms with Crippen LogP contribution in [-0.4, -0.2) is 62.3 Å². The van der Waals surface area contributed by atoms with Crippen molar-refractivity contribution in [3.8, 4) is 11.5 Å². The Morgan fingerprint density at radius 1 is 0.906 bits per heavy atom. The number of hydrogen-bond acceptors (Lipinski definition) is 5. The average molecular weight is 551 g/mol. The Morgan fingerprint density at radius 2 is 1.59 bits per heavy atom. The Hall–Kier alpha value is -2.04. The molecular formula is C24H34IN5O2. The second-order valence-corrected chi connectivity index (χ2v) is 7.95. The summed E-state index contributed by atoms with van der Waals surface area (Å²) in [5.41, 5.74) is 3.82. The highest BCUT2D eigenvalue weighted by Gasteiger charge is 2.17. The van der Waals surface area contributed by atoms with Crippen LogP contribution >= 0.6 is 24.0 Å². The molecule has 0 amide bonds. The minimum absolute atomic E-state index is 0. The molecule has 0 saturated carbocycles. The number of ether oxygens (including phenoxy) is 2. The Bertz CT molecular complexity index is 900. The van der Waals surface area contributed by atoms with Crippen molar-refractivity contribution in [1.82, 2.24) is 20.4 Å². The molecule has 0 radical (unpaired) electrons. The van der Waals surface area contributed by atoms with E-state index in [4.69, 9.17) is 9.47 Å². The van der Waals surface area contributed by atoms with Gasteiger partial charge >= 0.3 is 0 Å². The lowest BCUT2D eigenvalue weighted by atomic mass is 10.1. The van der Waals surface area contributed by atoms with Gasteiger partial charge in [0.2, 0.25) is 6.79 Å². The van der Waals surface area contributed by atoms with Gasteiger partial charge in [-0.1, -0.05) is 37.3 Å². The number of likely N-dealkylation sites (N-methyl/N-ethyl adjacent to an activating group) is 1. The zero-order chi connectivity index (χ0) is 21.5. The number of piperazine rings is 1. The maximum absolute atomic E-state index is 5.46. The van der Waals surface area contributed by atoms with Crippen LogP contribution in [-0.2, 0) is 19.6 Å². The molecule has 0 aromatic heterocycles. The molecule has 0 unspecified atom stereocenters. The first-order valence-corrected chi connectivity index (χ1v) is 11.1. The number of benzene rings is 2. The number of aliphatic imine (C=N–C) groups is 1. The number of rotatable bonds is 7. The minimum atomic E-state index is 0. The van der Waals surface area contributed by atoms with Gasteiger partial charge in [0.05, 0.1) is 0 Å². The van der Waals surface area contributed by atoms with E-state index in [2.05, 4.69) is 56.6 Å². The van der Waals surface area contributed by atoms with E-state index in [1.807, 2.05) is 18.2 Å². The number of hydrogen-bond donors (Lipinski definition) is 2. The lowest BCUT2D eigenvalue weighted by molar-refractivity contribution is 0.131. The molecule has 0 aliphatic carbocycles. The molecule has 2 aromatic rings. The van der Waals surface area contributed by atoms with Crippen LogP contribution in [0.3, 0.4) is 0 Å². The van der Waals surface area contributed by atoms with Gasteiger partial charge in [0.1, 0.15) is 0 Å². The molecule has 4 rings (SSSR count). The van der Waals surface area contributed by atoms with E-state index in [9.17, 15) is 0 Å². The fourth-order valence-corrected chi connectivity index (χ4v) is 4.02. The molecule has 2 aliphatic rings. The Balaban J connectivity index is 0.00000289. The molecular weight excluding hydrogens is 517 g/mol. The Morgan fingerprint density at radius 3 is 2.34 bits per heavy atom. The standard InChI is InChI=1S/C24H33N5O2.HI/c1-3-28-10-12-29(13-11-28)17-21-7-5-4-6-20(21)16-27-24(25-2)26-15-19-8-9-22-23(14-19)31-18-30-22;/h4-9,14H,3,10-13,15-18H2,1-2H3,(H2,25,26,27);1H. The minimum Gasteiger partial charge on any atom is -0.454 e. The van der Waals surface area contributed by atoms with Gasteiger partial charge in [-0.05, 0) is 35.4 Å². The van der Waals surface area contributed by atoms with Crippen LogP contribution in [0, 0.1) is 0 Å². The van der Waals surface area contributed by atoms with Gasteiger partial charge in [0.15, 0.2) is 17.5 Å². The predicted molar refractivity (Wildman–Crippen MR) is 139 cm³/mol. The van der Waals surface area contributed by atoms with Gasteiger partial charge in [0, 0.05) is 52.9 Å². The molecule has 1 saturated heterocycles. The van der Waals surface area contributed by atoms with Crippen molar-refractivity contribution in [1.29, 1.82) is 0 Å². The lowest BCUT2D eigenvalue weighted by Crippen LogP contribution is -2.45. The zero-order valence-corrected chi connectivity index (χ0v) is 21.3. The van der Waals surface area contributed by atoms with Crippen LogP contribution in [0.2, 0.25) is 0 Å². The molecule has 8 heteroatoms. The van der Waals surface area contributed by atoms with Crippen molar-refractivity contribution in [2.24, 2.45) is 4.99 Å². The third-order valence-corrected chi connectivity index (χ3v) is 5.99. The summed E-state index contributed by atoms with van der Waals surface area (Å²) in [6.45, 7) is 10.7. The Labute approximate surface area is 208 Å². The average Bonchev–Trinajstić information content (AvgIpc) is 3.28. The van der Waals surface area contributed by atoms with Crippen molar-refractivity contribution >= 4 is 29.9 Å². The van der Waals surface area contributed by atoms with Gasteiger partial charge in [-0.3, -0.25) is 9.89 Å². The number of nitrogens with one attached hydrogen (secondary N) is 2. The zero-order valence-electron chi connectivity index (χ0n) is 19.0. The molecule has 0 bridgehead atoms. The normalized spacial score (nSPS) is 16.5. The third-order valence-electron chi connectivity index (χ3n) is 5.99. The summed E-state index contributed by atoms with van der Waals surface area (Å²) in [7, 11) is 1.80. The highest BCUT2D eigenvalue weighted by molar-refractivity contribution is 14.0. The highest BCUT2D eigenvalue weighted by Crippen LogP contribution is 2.32.